The Morgan fingerprint density at radius 1 is 0.633 bits per heavy atom. The zero-order chi connectivity index (χ0) is 21.1. The monoisotopic (exact) mass is 400 g/mol. The average Bonchev–Trinajstić information content (AvgIpc) is 2.80. The van der Waals surface area contributed by atoms with Gasteiger partial charge in [-0.25, -0.2) is 0 Å². The predicted octanol–water partition coefficient (Wildman–Crippen LogP) is 6.27. The van der Waals surface area contributed by atoms with E-state index in [1.807, 2.05) is 0 Å². The van der Waals surface area contributed by atoms with Crippen LogP contribution < -0.4 is 9.64 Å². The van der Waals surface area contributed by atoms with Crippen molar-refractivity contribution in [3.63, 3.8) is 0 Å². The van der Waals surface area contributed by atoms with Crippen LogP contribution in [0.2, 0.25) is 0 Å². The van der Waals surface area contributed by atoms with Crippen molar-refractivity contribution in [3.05, 3.63) is 89.5 Å². The Morgan fingerprint density at radius 2 is 1.13 bits per heavy atom. The van der Waals surface area contributed by atoms with E-state index in [0.717, 1.165) is 37.7 Å². The summed E-state index contributed by atoms with van der Waals surface area (Å²) in [5.74, 6) is 1.88. The van der Waals surface area contributed by atoms with Crippen LogP contribution >= 0.6 is 0 Å². The minimum Gasteiger partial charge on any atom is -0.457 e. The highest BCUT2D eigenvalue weighted by atomic mass is 16.5. The van der Waals surface area contributed by atoms with Crippen molar-refractivity contribution in [1.29, 1.82) is 0 Å². The lowest BCUT2D eigenvalue weighted by molar-refractivity contribution is 0.161. The zero-order valence-electron chi connectivity index (χ0n) is 18.6. The Bertz CT molecular complexity index is 942. The lowest BCUT2D eigenvalue weighted by Crippen LogP contribution is -2.49. The van der Waals surface area contributed by atoms with Gasteiger partial charge in [0.05, 0.1) is 0 Å². The first-order valence-electron chi connectivity index (χ1n) is 11.2. The molecule has 0 spiro atoms. The summed E-state index contributed by atoms with van der Waals surface area (Å²) in [7, 11) is 0. The third-order valence-corrected chi connectivity index (χ3v) is 6.43. The van der Waals surface area contributed by atoms with Gasteiger partial charge in [0.2, 0.25) is 0 Å². The summed E-state index contributed by atoms with van der Waals surface area (Å²) in [5, 5.41) is 0. The normalized spacial score (nSPS) is 14.0. The lowest BCUT2D eigenvalue weighted by atomic mass is 9.73. The topological polar surface area (TPSA) is 15.7 Å². The Balaban J connectivity index is 2.00. The van der Waals surface area contributed by atoms with Gasteiger partial charge in [0.25, 0.3) is 0 Å². The van der Waals surface area contributed by atoms with Crippen LogP contribution in [0.25, 0.3) is 0 Å². The molecule has 30 heavy (non-hydrogen) atoms. The summed E-state index contributed by atoms with van der Waals surface area (Å²) < 4.78 is 6.36. The standard InChI is InChI=1S/C27H32N2O/c1-5-28(6-2)22-19-17-21(18-20-22)27(29(7-3)8-4)23-13-9-11-15-25(23)30-26-16-12-10-14-24(26)27/h9-20H,5-8H2,1-4H3. The summed E-state index contributed by atoms with van der Waals surface area (Å²) >= 11 is 0. The van der Waals surface area contributed by atoms with E-state index in [2.05, 4.69) is 110 Å². The number of rotatable bonds is 7. The van der Waals surface area contributed by atoms with E-state index < -0.39 is 0 Å². The van der Waals surface area contributed by atoms with Gasteiger partial charge in [0.15, 0.2) is 0 Å². The molecule has 3 heteroatoms. The fraction of sp³-hybridized carbons (Fsp3) is 0.333. The maximum absolute atomic E-state index is 6.36. The van der Waals surface area contributed by atoms with E-state index in [9.17, 15) is 0 Å². The van der Waals surface area contributed by atoms with Crippen LogP contribution in [0.1, 0.15) is 44.4 Å². The number of hydrogen-bond acceptors (Lipinski definition) is 3. The quantitative estimate of drug-likeness (QED) is 0.465. The van der Waals surface area contributed by atoms with Crippen LogP contribution in [0.3, 0.4) is 0 Å². The van der Waals surface area contributed by atoms with Crippen LogP contribution in [0.5, 0.6) is 11.5 Å². The third kappa shape index (κ3) is 3.09. The minimum atomic E-state index is -0.378. The third-order valence-electron chi connectivity index (χ3n) is 6.43. The maximum atomic E-state index is 6.36. The molecule has 0 saturated carbocycles. The van der Waals surface area contributed by atoms with Crippen LogP contribution in [-0.4, -0.2) is 31.1 Å². The van der Waals surface area contributed by atoms with E-state index in [4.69, 9.17) is 4.74 Å². The molecule has 0 amide bonds. The molecule has 0 unspecified atom stereocenters. The number of ether oxygens (including phenoxy) is 1. The summed E-state index contributed by atoms with van der Waals surface area (Å²) in [6, 6.07) is 26.2. The molecule has 3 aromatic rings. The maximum Gasteiger partial charge on any atom is 0.133 e. The minimum absolute atomic E-state index is 0.378. The second-order valence-corrected chi connectivity index (χ2v) is 7.70. The lowest BCUT2D eigenvalue weighted by Gasteiger charge is -2.48. The zero-order valence-corrected chi connectivity index (χ0v) is 18.6. The first-order valence-corrected chi connectivity index (χ1v) is 11.2. The van der Waals surface area contributed by atoms with Crippen LogP contribution in [0.4, 0.5) is 5.69 Å². The highest BCUT2D eigenvalue weighted by molar-refractivity contribution is 5.63. The largest absolute Gasteiger partial charge is 0.457 e. The Labute approximate surface area is 180 Å². The number of hydrogen-bond donors (Lipinski definition) is 0. The molecule has 1 aliphatic heterocycles. The molecule has 0 radical (unpaired) electrons. The number of fused-ring (bicyclic) bond motifs is 2. The molecule has 0 bridgehead atoms. The predicted molar refractivity (Wildman–Crippen MR) is 126 cm³/mol. The van der Waals surface area contributed by atoms with Gasteiger partial charge in [-0.05, 0) is 56.8 Å². The molecule has 1 aliphatic rings. The van der Waals surface area contributed by atoms with Gasteiger partial charge < -0.3 is 9.64 Å². The first kappa shape index (κ1) is 20.5. The van der Waals surface area contributed by atoms with Gasteiger partial charge >= 0.3 is 0 Å². The Morgan fingerprint density at radius 3 is 1.60 bits per heavy atom. The van der Waals surface area contributed by atoms with E-state index in [1.54, 1.807) is 0 Å². The molecule has 1 heterocycles. The first-order chi connectivity index (χ1) is 14.7. The molecule has 0 fully saturated rings. The van der Waals surface area contributed by atoms with Crippen molar-refractivity contribution in [2.75, 3.05) is 31.1 Å². The summed E-state index contributed by atoms with van der Waals surface area (Å²) in [6.45, 7) is 12.8. The van der Waals surface area contributed by atoms with Crippen molar-refractivity contribution < 1.29 is 4.74 Å². The van der Waals surface area contributed by atoms with Crippen LogP contribution in [-0.2, 0) is 5.54 Å². The molecule has 0 saturated heterocycles. The number of benzene rings is 3. The van der Waals surface area contributed by atoms with E-state index in [1.165, 1.54) is 22.4 Å². The number of para-hydroxylation sites is 2. The van der Waals surface area contributed by atoms with E-state index in [0.29, 0.717) is 0 Å². The van der Waals surface area contributed by atoms with Crippen molar-refractivity contribution in [3.8, 4) is 11.5 Å². The molecule has 156 valence electrons. The number of nitrogens with zero attached hydrogens (tertiary/aromatic N) is 2. The highest BCUT2D eigenvalue weighted by Gasteiger charge is 2.47. The smallest absolute Gasteiger partial charge is 0.133 e. The van der Waals surface area contributed by atoms with Gasteiger partial charge in [-0.1, -0.05) is 62.4 Å². The molecule has 4 rings (SSSR count). The van der Waals surface area contributed by atoms with Crippen LogP contribution in [0.15, 0.2) is 72.8 Å². The van der Waals surface area contributed by atoms with Crippen molar-refractivity contribution in [1.82, 2.24) is 4.90 Å². The van der Waals surface area contributed by atoms with Gasteiger partial charge in [-0.2, -0.15) is 0 Å². The fourth-order valence-corrected chi connectivity index (χ4v) is 5.01. The second-order valence-electron chi connectivity index (χ2n) is 7.70. The number of anilines is 1. The summed E-state index contributed by atoms with van der Waals surface area (Å²) in [6.07, 6.45) is 0. The SMILES string of the molecule is CCN(CC)c1ccc(C2(N(CC)CC)c3ccccc3Oc3ccccc32)cc1. The van der Waals surface area contributed by atoms with E-state index in [-0.39, 0.29) is 5.54 Å². The Kier molecular flexibility index (Phi) is 5.83. The molecular weight excluding hydrogens is 368 g/mol. The van der Waals surface area contributed by atoms with Crippen molar-refractivity contribution in [2.24, 2.45) is 0 Å². The molecule has 0 aromatic heterocycles. The molecular formula is C27H32N2O. The molecule has 0 atom stereocenters. The molecule has 3 nitrogen and oxygen atoms in total. The van der Waals surface area contributed by atoms with Gasteiger partial charge in [0.1, 0.15) is 17.0 Å². The Hall–Kier alpha value is -2.78. The summed E-state index contributed by atoms with van der Waals surface area (Å²) in [5.41, 5.74) is 4.60. The van der Waals surface area contributed by atoms with E-state index >= 15 is 0 Å². The summed E-state index contributed by atoms with van der Waals surface area (Å²) in [4.78, 5) is 4.94. The van der Waals surface area contributed by atoms with Crippen LogP contribution in [0, 0.1) is 0 Å². The van der Waals surface area contributed by atoms with Crippen molar-refractivity contribution >= 4 is 5.69 Å². The molecule has 0 aliphatic carbocycles. The second kappa shape index (κ2) is 8.53. The van der Waals surface area contributed by atoms with Gasteiger partial charge in [-0.15, -0.1) is 0 Å². The fourth-order valence-electron chi connectivity index (χ4n) is 5.01. The molecule has 0 N–H and O–H groups in total. The highest BCUT2D eigenvalue weighted by Crippen LogP contribution is 2.53. The van der Waals surface area contributed by atoms with Crippen molar-refractivity contribution in [2.45, 2.75) is 33.2 Å². The molecule has 3 aromatic carbocycles. The average molecular weight is 401 g/mol. The van der Waals surface area contributed by atoms with Gasteiger partial charge in [0, 0.05) is 29.9 Å². The van der Waals surface area contributed by atoms with Gasteiger partial charge in [-0.3, -0.25) is 4.90 Å².